The van der Waals surface area contributed by atoms with E-state index in [0.717, 1.165) is 5.39 Å². The minimum atomic E-state index is -0.500. The maximum Gasteiger partial charge on any atom is 0.289 e. The van der Waals surface area contributed by atoms with Crippen LogP contribution < -0.4 is 10.5 Å². The first-order chi connectivity index (χ1) is 17.1. The highest BCUT2D eigenvalue weighted by atomic mass is 16.3. The number of furan rings is 1. The zero-order valence-corrected chi connectivity index (χ0v) is 18.9. The lowest BCUT2D eigenvalue weighted by molar-refractivity contribution is 0.0714. The summed E-state index contributed by atoms with van der Waals surface area (Å²) in [5.74, 6) is -0.110. The van der Waals surface area contributed by atoms with Crippen molar-refractivity contribution in [1.29, 1.82) is 5.26 Å². The summed E-state index contributed by atoms with van der Waals surface area (Å²) in [7, 11) is 0. The number of pyridine rings is 1. The topological polar surface area (TPSA) is 99.5 Å². The van der Waals surface area contributed by atoms with Crippen LogP contribution in [0.2, 0.25) is 0 Å². The minimum absolute atomic E-state index is 0.00428. The Hall–Kier alpha value is -4.64. The Balaban J connectivity index is 1.50. The van der Waals surface area contributed by atoms with Gasteiger partial charge in [0, 0.05) is 37.1 Å². The van der Waals surface area contributed by atoms with Crippen LogP contribution in [0.5, 0.6) is 0 Å². The first-order valence-corrected chi connectivity index (χ1v) is 11.3. The van der Waals surface area contributed by atoms with Gasteiger partial charge in [-0.2, -0.15) is 5.26 Å². The molecule has 4 aromatic rings. The molecule has 174 valence electrons. The monoisotopic (exact) mass is 466 g/mol. The molecule has 0 unspecified atom stereocenters. The van der Waals surface area contributed by atoms with Crippen molar-refractivity contribution in [1.82, 2.24) is 9.47 Å². The van der Waals surface area contributed by atoms with Crippen LogP contribution in [-0.4, -0.2) is 47.3 Å². The van der Waals surface area contributed by atoms with Gasteiger partial charge in [-0.15, -0.1) is 0 Å². The SMILES string of the molecule is N#Cc1c(N2CCN(C(=O)c3ccco3)CC2)c2ccccc2n(CC(=O)c2ccccc2)c1=O. The van der Waals surface area contributed by atoms with Crippen LogP contribution >= 0.6 is 0 Å². The molecule has 0 aliphatic carbocycles. The summed E-state index contributed by atoms with van der Waals surface area (Å²) in [6.07, 6.45) is 1.46. The molecule has 0 saturated carbocycles. The summed E-state index contributed by atoms with van der Waals surface area (Å²) in [5, 5.41) is 10.7. The number of ketones is 1. The Bertz CT molecular complexity index is 1490. The molecule has 0 N–H and O–H groups in total. The van der Waals surface area contributed by atoms with Crippen molar-refractivity contribution in [3.05, 3.63) is 100 Å². The number of Topliss-reactive ketones (excluding diaryl/α,β-unsaturated/α-hetero) is 1. The number of carbonyl (C=O) groups is 2. The van der Waals surface area contributed by atoms with E-state index in [1.807, 2.05) is 23.1 Å². The molecular formula is C27H22N4O4. The van der Waals surface area contributed by atoms with Gasteiger partial charge in [-0.25, -0.2) is 0 Å². The molecule has 35 heavy (non-hydrogen) atoms. The number of rotatable bonds is 5. The number of hydrogen-bond donors (Lipinski definition) is 0. The average Bonchev–Trinajstić information content (AvgIpc) is 3.45. The number of amides is 1. The van der Waals surface area contributed by atoms with E-state index in [2.05, 4.69) is 6.07 Å². The Morgan fingerprint density at radius 3 is 2.31 bits per heavy atom. The molecule has 1 aliphatic rings. The molecule has 1 aliphatic heterocycles. The number of fused-ring (bicyclic) bond motifs is 1. The normalized spacial score (nSPS) is 13.6. The second-order valence-corrected chi connectivity index (χ2v) is 8.29. The highest BCUT2D eigenvalue weighted by molar-refractivity contribution is 5.99. The van der Waals surface area contributed by atoms with Crippen LogP contribution in [0.4, 0.5) is 5.69 Å². The molecular weight excluding hydrogens is 444 g/mol. The third-order valence-corrected chi connectivity index (χ3v) is 6.27. The van der Waals surface area contributed by atoms with Crippen molar-refractivity contribution >= 4 is 28.3 Å². The second-order valence-electron chi connectivity index (χ2n) is 8.29. The lowest BCUT2D eigenvalue weighted by atomic mass is 10.1. The van der Waals surface area contributed by atoms with Crippen LogP contribution in [-0.2, 0) is 6.54 Å². The maximum absolute atomic E-state index is 13.5. The summed E-state index contributed by atoms with van der Waals surface area (Å²) < 4.78 is 6.61. The zero-order chi connectivity index (χ0) is 24.4. The zero-order valence-electron chi connectivity index (χ0n) is 18.9. The van der Waals surface area contributed by atoms with Crippen molar-refractivity contribution in [2.24, 2.45) is 0 Å². The standard InChI is InChI=1S/C27H22N4O4/c28-17-21-25(29-12-14-30(15-13-29)27(34)24-11-6-16-35-24)20-9-4-5-10-22(20)31(26(21)33)18-23(32)19-7-2-1-3-8-19/h1-11,16H,12-15,18H2. The fraction of sp³-hybridized carbons (Fsp3) is 0.185. The average molecular weight is 466 g/mol. The van der Waals surface area contributed by atoms with Crippen LogP contribution in [0.25, 0.3) is 10.9 Å². The van der Waals surface area contributed by atoms with E-state index in [1.165, 1.54) is 10.8 Å². The second kappa shape index (κ2) is 9.31. The predicted molar refractivity (Wildman–Crippen MR) is 131 cm³/mol. The molecule has 0 spiro atoms. The van der Waals surface area contributed by atoms with Crippen LogP contribution in [0.1, 0.15) is 26.5 Å². The van der Waals surface area contributed by atoms with Crippen LogP contribution in [0, 0.1) is 11.3 Å². The smallest absolute Gasteiger partial charge is 0.289 e. The van der Waals surface area contributed by atoms with Gasteiger partial charge in [-0.3, -0.25) is 19.0 Å². The van der Waals surface area contributed by atoms with Gasteiger partial charge in [0.05, 0.1) is 24.0 Å². The molecule has 8 heteroatoms. The molecule has 0 bridgehead atoms. The van der Waals surface area contributed by atoms with Gasteiger partial charge in [-0.05, 0) is 18.2 Å². The Kier molecular flexibility index (Phi) is 5.90. The summed E-state index contributed by atoms with van der Waals surface area (Å²) in [6, 6.07) is 21.5. The first kappa shape index (κ1) is 22.2. The predicted octanol–water partition coefficient (Wildman–Crippen LogP) is 3.31. The molecule has 1 amide bonds. The fourth-order valence-corrected chi connectivity index (χ4v) is 4.52. The summed E-state index contributed by atoms with van der Waals surface area (Å²) in [5.41, 5.74) is 1.13. The van der Waals surface area contributed by atoms with Gasteiger partial charge < -0.3 is 14.2 Å². The first-order valence-electron chi connectivity index (χ1n) is 11.3. The molecule has 2 aromatic carbocycles. The van der Waals surface area contributed by atoms with E-state index in [-0.39, 0.29) is 29.6 Å². The number of nitriles is 1. The van der Waals surface area contributed by atoms with Gasteiger partial charge >= 0.3 is 0 Å². The largest absolute Gasteiger partial charge is 0.459 e. The quantitative estimate of drug-likeness (QED) is 0.419. The molecule has 8 nitrogen and oxygen atoms in total. The molecule has 0 radical (unpaired) electrons. The lowest BCUT2D eigenvalue weighted by Crippen LogP contribution is -2.49. The van der Waals surface area contributed by atoms with E-state index in [4.69, 9.17) is 4.42 Å². The van der Waals surface area contributed by atoms with E-state index >= 15 is 0 Å². The third kappa shape index (κ3) is 4.08. The molecule has 1 saturated heterocycles. The van der Waals surface area contributed by atoms with Gasteiger partial charge in [0.15, 0.2) is 11.5 Å². The van der Waals surface area contributed by atoms with Gasteiger partial charge in [0.2, 0.25) is 0 Å². The summed E-state index contributed by atoms with van der Waals surface area (Å²) in [6.45, 7) is 1.60. The fourth-order valence-electron chi connectivity index (χ4n) is 4.52. The highest BCUT2D eigenvalue weighted by Gasteiger charge is 2.28. The number of anilines is 1. The molecule has 5 rings (SSSR count). The number of nitrogens with zero attached hydrogens (tertiary/aromatic N) is 4. The molecule has 1 fully saturated rings. The van der Waals surface area contributed by atoms with Crippen LogP contribution in [0.15, 0.2) is 82.2 Å². The maximum atomic E-state index is 13.5. The number of hydrogen-bond acceptors (Lipinski definition) is 6. The van der Waals surface area contributed by atoms with Crippen LogP contribution in [0.3, 0.4) is 0 Å². The summed E-state index contributed by atoms with van der Waals surface area (Å²) >= 11 is 0. The van der Waals surface area contributed by atoms with Gasteiger partial charge in [0.25, 0.3) is 11.5 Å². The van der Waals surface area contributed by atoms with Crippen molar-refractivity contribution in [3.63, 3.8) is 0 Å². The lowest BCUT2D eigenvalue weighted by Gasteiger charge is -2.36. The third-order valence-electron chi connectivity index (χ3n) is 6.27. The van der Waals surface area contributed by atoms with E-state index in [0.29, 0.717) is 42.9 Å². The Labute approximate surface area is 201 Å². The molecule has 0 atom stereocenters. The van der Waals surface area contributed by atoms with Crippen molar-refractivity contribution in [2.45, 2.75) is 6.54 Å². The van der Waals surface area contributed by atoms with Gasteiger partial charge in [-0.1, -0.05) is 48.5 Å². The number of aromatic nitrogens is 1. The number of carbonyl (C=O) groups excluding carboxylic acids is 2. The molecule has 3 heterocycles. The number of piperazine rings is 1. The Morgan fingerprint density at radius 2 is 1.63 bits per heavy atom. The van der Waals surface area contributed by atoms with E-state index < -0.39 is 5.56 Å². The minimum Gasteiger partial charge on any atom is -0.459 e. The number of para-hydroxylation sites is 1. The van der Waals surface area contributed by atoms with Crippen molar-refractivity contribution < 1.29 is 14.0 Å². The summed E-state index contributed by atoms with van der Waals surface area (Å²) in [4.78, 5) is 42.7. The van der Waals surface area contributed by atoms with Crippen molar-refractivity contribution in [3.8, 4) is 6.07 Å². The van der Waals surface area contributed by atoms with Crippen molar-refractivity contribution in [2.75, 3.05) is 31.1 Å². The van der Waals surface area contributed by atoms with Gasteiger partial charge in [0.1, 0.15) is 11.6 Å². The Morgan fingerprint density at radius 1 is 0.914 bits per heavy atom. The highest BCUT2D eigenvalue weighted by Crippen LogP contribution is 2.30. The molecule has 2 aromatic heterocycles. The van der Waals surface area contributed by atoms with E-state index in [1.54, 1.807) is 53.4 Å². The number of benzene rings is 2. The van der Waals surface area contributed by atoms with E-state index in [9.17, 15) is 19.6 Å².